The van der Waals surface area contributed by atoms with Crippen LogP contribution in [0.3, 0.4) is 0 Å². The topological polar surface area (TPSA) is 82.8 Å². The summed E-state index contributed by atoms with van der Waals surface area (Å²) in [5.41, 5.74) is 7.63. The van der Waals surface area contributed by atoms with Gasteiger partial charge in [-0.2, -0.15) is 0 Å². The Bertz CT molecular complexity index is 700. The fourth-order valence-electron chi connectivity index (χ4n) is 1.93. The van der Waals surface area contributed by atoms with Crippen molar-refractivity contribution in [3.05, 3.63) is 48.7 Å². The number of nitrogens with two attached hydrogens (primary N) is 1. The third-order valence-electron chi connectivity index (χ3n) is 2.80. The zero-order valence-corrected chi connectivity index (χ0v) is 10.4. The van der Waals surface area contributed by atoms with Crippen molar-refractivity contribution < 1.29 is 4.42 Å². The second-order valence-corrected chi connectivity index (χ2v) is 4.21. The molecular weight excluding hydrogens is 242 g/mol. The molecule has 0 radical (unpaired) electrons. The zero-order valence-electron chi connectivity index (χ0n) is 10.4. The first-order chi connectivity index (χ1) is 9.24. The molecule has 6 heteroatoms. The van der Waals surface area contributed by atoms with E-state index in [4.69, 9.17) is 10.2 Å². The van der Waals surface area contributed by atoms with Crippen LogP contribution < -0.4 is 5.73 Å². The molecule has 0 fully saturated rings. The molecule has 2 N–H and O–H groups in total. The lowest BCUT2D eigenvalue weighted by atomic mass is 10.2. The quantitative estimate of drug-likeness (QED) is 0.772. The molecule has 0 bridgehead atoms. The molecule has 3 rings (SSSR count). The van der Waals surface area contributed by atoms with Crippen molar-refractivity contribution in [1.29, 1.82) is 0 Å². The summed E-state index contributed by atoms with van der Waals surface area (Å²) in [5, 5.41) is 0. The number of imidazole rings is 1. The average molecular weight is 255 g/mol. The minimum Gasteiger partial charge on any atom is -0.444 e. The number of aromatic nitrogens is 4. The van der Waals surface area contributed by atoms with Crippen LogP contribution in [0.1, 0.15) is 11.7 Å². The maximum Gasteiger partial charge on any atom is 0.214 e. The van der Waals surface area contributed by atoms with Crippen LogP contribution in [0.15, 0.2) is 41.5 Å². The van der Waals surface area contributed by atoms with E-state index in [2.05, 4.69) is 15.0 Å². The van der Waals surface area contributed by atoms with Gasteiger partial charge in [0.2, 0.25) is 5.89 Å². The zero-order chi connectivity index (χ0) is 13.2. The maximum atomic E-state index is 5.89. The second kappa shape index (κ2) is 4.56. The van der Waals surface area contributed by atoms with E-state index in [9.17, 15) is 0 Å². The average Bonchev–Trinajstić information content (AvgIpc) is 3.00. The molecule has 0 aliphatic rings. The highest BCUT2D eigenvalue weighted by Crippen LogP contribution is 2.23. The van der Waals surface area contributed by atoms with Gasteiger partial charge in [-0.15, -0.1) is 0 Å². The highest BCUT2D eigenvalue weighted by Gasteiger charge is 2.11. The molecule has 3 heterocycles. The predicted octanol–water partition coefficient (Wildman–Crippen LogP) is 1.87. The number of pyridine rings is 1. The predicted molar refractivity (Wildman–Crippen MR) is 70.2 cm³/mol. The number of nitrogens with zero attached hydrogens (tertiary/aromatic N) is 4. The molecule has 0 aliphatic carbocycles. The van der Waals surface area contributed by atoms with Crippen molar-refractivity contribution in [1.82, 2.24) is 19.5 Å². The summed E-state index contributed by atoms with van der Waals surface area (Å²) in [6.07, 6.45) is 6.84. The van der Waals surface area contributed by atoms with Crippen LogP contribution in [-0.2, 0) is 6.54 Å². The third kappa shape index (κ3) is 2.20. The highest BCUT2D eigenvalue weighted by atomic mass is 16.4. The van der Waals surface area contributed by atoms with Crippen LogP contribution >= 0.6 is 0 Å². The van der Waals surface area contributed by atoms with Crippen LogP contribution in [-0.4, -0.2) is 19.5 Å². The Morgan fingerprint density at radius 3 is 2.95 bits per heavy atom. The number of hydrogen-bond donors (Lipinski definition) is 1. The number of nitrogen functional groups attached to an aromatic ring is 1. The van der Waals surface area contributed by atoms with Gasteiger partial charge in [-0.25, -0.2) is 15.0 Å². The normalized spacial score (nSPS) is 10.8. The van der Waals surface area contributed by atoms with Gasteiger partial charge in [0, 0.05) is 11.8 Å². The lowest BCUT2D eigenvalue weighted by Gasteiger charge is -2.07. The van der Waals surface area contributed by atoms with Crippen LogP contribution in [0.4, 0.5) is 5.82 Å². The monoisotopic (exact) mass is 255 g/mol. The highest BCUT2D eigenvalue weighted by molar-refractivity contribution is 5.70. The molecule has 6 nitrogen and oxygen atoms in total. The van der Waals surface area contributed by atoms with Crippen LogP contribution in [0.25, 0.3) is 11.3 Å². The van der Waals surface area contributed by atoms with Gasteiger partial charge in [-0.3, -0.25) is 0 Å². The van der Waals surface area contributed by atoms with E-state index in [1.165, 1.54) is 0 Å². The molecule has 96 valence electrons. The summed E-state index contributed by atoms with van der Waals surface area (Å²) in [6.45, 7) is 2.38. The summed E-state index contributed by atoms with van der Waals surface area (Å²) >= 11 is 0. The van der Waals surface area contributed by atoms with Crippen molar-refractivity contribution in [2.75, 3.05) is 5.73 Å². The van der Waals surface area contributed by atoms with Gasteiger partial charge in [0.15, 0.2) is 0 Å². The van der Waals surface area contributed by atoms with Gasteiger partial charge in [0.1, 0.15) is 18.1 Å². The first kappa shape index (κ1) is 11.5. The largest absolute Gasteiger partial charge is 0.444 e. The Morgan fingerprint density at radius 1 is 1.32 bits per heavy atom. The molecule has 0 aromatic carbocycles. The van der Waals surface area contributed by atoms with Crippen molar-refractivity contribution in [2.45, 2.75) is 13.5 Å². The van der Waals surface area contributed by atoms with Crippen LogP contribution in [0, 0.1) is 6.92 Å². The van der Waals surface area contributed by atoms with Crippen LogP contribution in [0.2, 0.25) is 0 Å². The molecule has 0 saturated carbocycles. The summed E-state index contributed by atoms with van der Waals surface area (Å²) in [6, 6.07) is 3.76. The van der Waals surface area contributed by atoms with Gasteiger partial charge in [-0.05, 0) is 19.1 Å². The molecule has 0 atom stereocenters. The molecule has 0 aliphatic heterocycles. The van der Waals surface area contributed by atoms with E-state index in [-0.39, 0.29) is 0 Å². The van der Waals surface area contributed by atoms with E-state index in [1.807, 2.05) is 23.6 Å². The van der Waals surface area contributed by atoms with Gasteiger partial charge in [0.25, 0.3) is 0 Å². The van der Waals surface area contributed by atoms with Gasteiger partial charge in [-0.1, -0.05) is 0 Å². The molecule has 0 spiro atoms. The van der Waals surface area contributed by atoms with Gasteiger partial charge in [0.05, 0.1) is 24.4 Å². The van der Waals surface area contributed by atoms with E-state index < -0.39 is 0 Å². The van der Waals surface area contributed by atoms with Crippen molar-refractivity contribution >= 4 is 5.82 Å². The number of rotatable bonds is 3. The SMILES string of the molecule is Cc1cnc(Cn2cncc2-c2cccnc2N)o1. The Labute approximate surface area is 109 Å². The first-order valence-electron chi connectivity index (χ1n) is 5.86. The van der Waals surface area contributed by atoms with Crippen molar-refractivity contribution in [3.63, 3.8) is 0 Å². The van der Waals surface area contributed by atoms with Gasteiger partial charge < -0.3 is 14.7 Å². The molecule has 3 aromatic rings. The Kier molecular flexibility index (Phi) is 2.75. The fraction of sp³-hybridized carbons (Fsp3) is 0.154. The lowest BCUT2D eigenvalue weighted by Crippen LogP contribution is -2.02. The van der Waals surface area contributed by atoms with E-state index in [0.29, 0.717) is 18.3 Å². The standard InChI is InChI=1S/C13H13N5O/c1-9-5-17-12(19-9)7-18-8-15-6-11(18)10-3-2-4-16-13(10)14/h2-6,8H,7H2,1H3,(H2,14,16). The smallest absolute Gasteiger partial charge is 0.214 e. The van der Waals surface area contributed by atoms with Crippen molar-refractivity contribution in [2.24, 2.45) is 0 Å². The minimum absolute atomic E-state index is 0.479. The molecule has 0 amide bonds. The van der Waals surface area contributed by atoms with Crippen LogP contribution in [0.5, 0.6) is 0 Å². The number of anilines is 1. The lowest BCUT2D eigenvalue weighted by molar-refractivity contribution is 0.458. The molecular formula is C13H13N5O. The summed E-state index contributed by atoms with van der Waals surface area (Å²) < 4.78 is 7.40. The van der Waals surface area contributed by atoms with E-state index >= 15 is 0 Å². The van der Waals surface area contributed by atoms with Crippen molar-refractivity contribution in [3.8, 4) is 11.3 Å². The Hall–Kier alpha value is -2.63. The minimum atomic E-state index is 0.479. The summed E-state index contributed by atoms with van der Waals surface area (Å²) in [4.78, 5) is 12.4. The molecule has 0 unspecified atom stereocenters. The van der Waals surface area contributed by atoms with E-state index in [0.717, 1.165) is 17.0 Å². The molecule has 3 aromatic heterocycles. The summed E-state index contributed by atoms with van der Waals surface area (Å²) in [5.74, 6) is 1.91. The maximum absolute atomic E-state index is 5.89. The van der Waals surface area contributed by atoms with E-state index in [1.54, 1.807) is 24.9 Å². The van der Waals surface area contributed by atoms with Gasteiger partial charge >= 0.3 is 0 Å². The second-order valence-electron chi connectivity index (χ2n) is 4.21. The Morgan fingerprint density at radius 2 is 2.21 bits per heavy atom. The number of aryl methyl sites for hydroxylation is 1. The number of oxazole rings is 1. The summed E-state index contributed by atoms with van der Waals surface area (Å²) in [7, 11) is 0. The third-order valence-corrected chi connectivity index (χ3v) is 2.80. The first-order valence-corrected chi connectivity index (χ1v) is 5.86. The fourth-order valence-corrected chi connectivity index (χ4v) is 1.93. The molecule has 0 saturated heterocycles. The molecule has 19 heavy (non-hydrogen) atoms. The number of hydrogen-bond acceptors (Lipinski definition) is 5. The Balaban J connectivity index is 1.97.